The van der Waals surface area contributed by atoms with E-state index in [4.69, 9.17) is 9.29 Å². The van der Waals surface area contributed by atoms with E-state index in [0.29, 0.717) is 0 Å². The van der Waals surface area contributed by atoms with Crippen LogP contribution in [-0.2, 0) is 14.3 Å². The summed E-state index contributed by atoms with van der Waals surface area (Å²) in [4.78, 5) is 11.7. The van der Waals surface area contributed by atoms with Gasteiger partial charge in [0.05, 0.1) is 18.0 Å². The van der Waals surface area contributed by atoms with E-state index in [9.17, 15) is 23.4 Å². The number of hydrogen-bond donors (Lipinski definition) is 3. The lowest BCUT2D eigenvalue weighted by Crippen LogP contribution is -2.58. The van der Waals surface area contributed by atoms with Crippen molar-refractivity contribution in [1.29, 1.82) is 0 Å². The molecular weight excluding hydrogens is 326 g/mol. The summed E-state index contributed by atoms with van der Waals surface area (Å²) < 4.78 is 29.0. The average Bonchev–Trinajstić information content (AvgIpc) is 2.49. The highest BCUT2D eigenvalue weighted by molar-refractivity contribution is 7.86. The zero-order valence-electron chi connectivity index (χ0n) is 12.5. The maximum atomic E-state index is 12.1. The fourth-order valence-corrected chi connectivity index (χ4v) is 3.22. The SMILES string of the molecule is Cc1ccc(S(=O)(=O)OCC2(O)CCN(C(=O)O)CC2O)cc1. The molecule has 0 aromatic heterocycles. The van der Waals surface area contributed by atoms with E-state index < -0.39 is 34.5 Å². The minimum atomic E-state index is -4.07. The number of aliphatic hydroxyl groups is 2. The Labute approximate surface area is 134 Å². The Morgan fingerprint density at radius 2 is 2.00 bits per heavy atom. The van der Waals surface area contributed by atoms with Crippen LogP contribution in [0.25, 0.3) is 0 Å². The number of amides is 1. The van der Waals surface area contributed by atoms with E-state index in [1.807, 2.05) is 6.92 Å². The summed E-state index contributed by atoms with van der Waals surface area (Å²) in [5.74, 6) is 0. The van der Waals surface area contributed by atoms with Crippen LogP contribution in [0.1, 0.15) is 12.0 Å². The van der Waals surface area contributed by atoms with Crippen molar-refractivity contribution in [3.63, 3.8) is 0 Å². The van der Waals surface area contributed by atoms with Crippen LogP contribution in [0.2, 0.25) is 0 Å². The third-order valence-electron chi connectivity index (χ3n) is 3.87. The van der Waals surface area contributed by atoms with Gasteiger partial charge in [-0.05, 0) is 25.5 Å². The predicted octanol–water partition coefficient (Wildman–Crippen LogP) is 0.176. The van der Waals surface area contributed by atoms with Crippen LogP contribution in [0.15, 0.2) is 29.2 Å². The first-order valence-corrected chi connectivity index (χ1v) is 8.39. The van der Waals surface area contributed by atoms with Crippen LogP contribution in [-0.4, -0.2) is 66.1 Å². The number of nitrogens with zero attached hydrogens (tertiary/aromatic N) is 1. The lowest BCUT2D eigenvalue weighted by Gasteiger charge is -2.40. The van der Waals surface area contributed by atoms with Crippen molar-refractivity contribution in [3.8, 4) is 0 Å². The predicted molar refractivity (Wildman–Crippen MR) is 79.5 cm³/mol. The Morgan fingerprint density at radius 3 is 2.52 bits per heavy atom. The van der Waals surface area contributed by atoms with Crippen LogP contribution < -0.4 is 0 Å². The molecule has 0 radical (unpaired) electrons. The van der Waals surface area contributed by atoms with Gasteiger partial charge in [-0.1, -0.05) is 17.7 Å². The Bertz CT molecular complexity index is 673. The number of likely N-dealkylation sites (tertiary alicyclic amines) is 1. The quantitative estimate of drug-likeness (QED) is 0.665. The van der Waals surface area contributed by atoms with Crippen molar-refractivity contribution in [3.05, 3.63) is 29.8 Å². The molecule has 8 nitrogen and oxygen atoms in total. The fraction of sp³-hybridized carbons (Fsp3) is 0.500. The zero-order valence-corrected chi connectivity index (χ0v) is 13.4. The Balaban J connectivity index is 2.04. The molecule has 2 rings (SSSR count). The number of hydrogen-bond acceptors (Lipinski definition) is 6. The molecule has 1 saturated heterocycles. The topological polar surface area (TPSA) is 124 Å². The van der Waals surface area contributed by atoms with E-state index in [1.54, 1.807) is 12.1 Å². The lowest BCUT2D eigenvalue weighted by molar-refractivity contribution is -0.131. The molecule has 1 amide bonds. The molecule has 0 aliphatic carbocycles. The van der Waals surface area contributed by atoms with Gasteiger partial charge in [0.15, 0.2) is 0 Å². The maximum absolute atomic E-state index is 12.1. The van der Waals surface area contributed by atoms with Crippen LogP contribution in [0.3, 0.4) is 0 Å². The molecule has 2 unspecified atom stereocenters. The van der Waals surface area contributed by atoms with E-state index in [1.165, 1.54) is 12.1 Å². The first-order chi connectivity index (χ1) is 10.6. The lowest BCUT2D eigenvalue weighted by atomic mass is 9.90. The van der Waals surface area contributed by atoms with Crippen molar-refractivity contribution in [2.75, 3.05) is 19.7 Å². The van der Waals surface area contributed by atoms with E-state index >= 15 is 0 Å². The van der Waals surface area contributed by atoms with Gasteiger partial charge >= 0.3 is 6.09 Å². The molecule has 1 heterocycles. The third kappa shape index (κ3) is 3.99. The first kappa shape index (κ1) is 17.7. The summed E-state index contributed by atoms with van der Waals surface area (Å²) in [6.07, 6.45) is -2.76. The molecule has 1 aromatic carbocycles. The van der Waals surface area contributed by atoms with Crippen LogP contribution >= 0.6 is 0 Å². The highest BCUT2D eigenvalue weighted by Gasteiger charge is 2.43. The number of aliphatic hydroxyl groups excluding tert-OH is 1. The van der Waals surface area contributed by atoms with Crippen LogP contribution in [0.4, 0.5) is 4.79 Å². The Hall–Kier alpha value is -1.68. The standard InChI is InChI=1S/C14H19NO7S/c1-10-2-4-11(5-3-10)23(20,21)22-9-14(19)6-7-15(13(17)18)8-12(14)16/h2-5,12,16,19H,6-9H2,1H3,(H,17,18). The summed E-state index contributed by atoms with van der Waals surface area (Å²) in [6, 6.07) is 6.01. The second-order valence-electron chi connectivity index (χ2n) is 5.63. The molecule has 1 aliphatic heterocycles. The molecular formula is C14H19NO7S. The normalized spacial score (nSPS) is 25.3. The number of β-amino-alcohol motifs (C(OH)–C–C–N with tert-alkyl or cyclic N) is 1. The van der Waals surface area contributed by atoms with Gasteiger partial charge in [-0.15, -0.1) is 0 Å². The van der Waals surface area contributed by atoms with Gasteiger partial charge in [-0.25, -0.2) is 4.79 Å². The van der Waals surface area contributed by atoms with Gasteiger partial charge in [-0.3, -0.25) is 4.18 Å². The number of rotatable bonds is 4. The van der Waals surface area contributed by atoms with Crippen LogP contribution in [0, 0.1) is 6.92 Å². The van der Waals surface area contributed by atoms with Crippen molar-refractivity contribution in [1.82, 2.24) is 4.90 Å². The molecule has 1 aromatic rings. The summed E-state index contributed by atoms with van der Waals surface area (Å²) in [5, 5.41) is 29.1. The fourth-order valence-electron chi connectivity index (χ4n) is 2.26. The molecule has 0 bridgehead atoms. The van der Waals surface area contributed by atoms with Crippen molar-refractivity contribution in [2.24, 2.45) is 0 Å². The zero-order chi connectivity index (χ0) is 17.3. The van der Waals surface area contributed by atoms with E-state index in [-0.39, 0.29) is 24.4 Å². The summed E-state index contributed by atoms with van der Waals surface area (Å²) in [6.45, 7) is 0.848. The maximum Gasteiger partial charge on any atom is 0.407 e. The highest BCUT2D eigenvalue weighted by atomic mass is 32.2. The summed E-state index contributed by atoms with van der Waals surface area (Å²) >= 11 is 0. The first-order valence-electron chi connectivity index (χ1n) is 6.98. The number of aryl methyl sites for hydroxylation is 1. The number of carbonyl (C=O) groups is 1. The monoisotopic (exact) mass is 345 g/mol. The third-order valence-corrected chi connectivity index (χ3v) is 5.15. The number of carboxylic acid groups (broad SMARTS) is 1. The molecule has 1 aliphatic rings. The molecule has 0 spiro atoms. The van der Waals surface area contributed by atoms with Gasteiger partial charge in [0.1, 0.15) is 11.7 Å². The van der Waals surface area contributed by atoms with E-state index in [2.05, 4.69) is 0 Å². The van der Waals surface area contributed by atoms with Gasteiger partial charge in [0.2, 0.25) is 0 Å². The Kier molecular flexibility index (Phi) is 4.95. The molecule has 9 heteroatoms. The smallest absolute Gasteiger partial charge is 0.407 e. The van der Waals surface area contributed by atoms with Gasteiger partial charge in [0, 0.05) is 6.54 Å². The van der Waals surface area contributed by atoms with Gasteiger partial charge in [0.25, 0.3) is 10.1 Å². The van der Waals surface area contributed by atoms with Gasteiger partial charge < -0.3 is 20.2 Å². The van der Waals surface area contributed by atoms with Crippen molar-refractivity contribution >= 4 is 16.2 Å². The largest absolute Gasteiger partial charge is 0.465 e. The number of benzene rings is 1. The molecule has 0 saturated carbocycles. The number of piperidine rings is 1. The summed E-state index contributed by atoms with van der Waals surface area (Å²) in [7, 11) is -4.07. The Morgan fingerprint density at radius 1 is 1.39 bits per heavy atom. The minimum absolute atomic E-state index is 0.0170. The average molecular weight is 345 g/mol. The van der Waals surface area contributed by atoms with Crippen molar-refractivity contribution in [2.45, 2.75) is 29.9 Å². The second-order valence-corrected chi connectivity index (χ2v) is 7.24. The highest BCUT2D eigenvalue weighted by Crippen LogP contribution is 2.25. The summed E-state index contributed by atoms with van der Waals surface area (Å²) in [5.41, 5.74) is -0.928. The van der Waals surface area contributed by atoms with E-state index in [0.717, 1.165) is 10.5 Å². The molecule has 128 valence electrons. The molecule has 2 atom stereocenters. The van der Waals surface area contributed by atoms with Crippen LogP contribution in [0.5, 0.6) is 0 Å². The molecule has 3 N–H and O–H groups in total. The second kappa shape index (κ2) is 6.44. The molecule has 23 heavy (non-hydrogen) atoms. The minimum Gasteiger partial charge on any atom is -0.465 e. The van der Waals surface area contributed by atoms with Crippen molar-refractivity contribution < 1.29 is 32.7 Å². The van der Waals surface area contributed by atoms with Gasteiger partial charge in [-0.2, -0.15) is 8.42 Å². The molecule has 1 fully saturated rings.